The number of pyridine rings is 1. The molecule has 7 nitrogen and oxygen atoms in total. The first-order valence-corrected chi connectivity index (χ1v) is 8.75. The third-order valence-corrected chi connectivity index (χ3v) is 4.47. The van der Waals surface area contributed by atoms with Crippen LogP contribution in [0.2, 0.25) is 0 Å². The summed E-state index contributed by atoms with van der Waals surface area (Å²) in [7, 11) is 0. The molecule has 7 heteroatoms. The Balaban J connectivity index is 2.00. The fraction of sp³-hybridized carbons (Fsp3) is 0.556. The van der Waals surface area contributed by atoms with Crippen molar-refractivity contribution >= 4 is 23.4 Å². The van der Waals surface area contributed by atoms with E-state index in [-0.39, 0.29) is 11.3 Å². The summed E-state index contributed by atoms with van der Waals surface area (Å²) < 4.78 is 0. The van der Waals surface area contributed by atoms with Gasteiger partial charge in [0.25, 0.3) is 0 Å². The van der Waals surface area contributed by atoms with Crippen LogP contribution < -0.4 is 11.1 Å². The first-order chi connectivity index (χ1) is 11.9. The van der Waals surface area contributed by atoms with Crippen molar-refractivity contribution in [1.82, 2.24) is 9.88 Å². The van der Waals surface area contributed by atoms with Crippen LogP contribution in [0.1, 0.15) is 49.9 Å². The van der Waals surface area contributed by atoms with E-state index in [0.29, 0.717) is 24.9 Å². The van der Waals surface area contributed by atoms with Gasteiger partial charge in [0.1, 0.15) is 0 Å². The van der Waals surface area contributed by atoms with Crippen molar-refractivity contribution in [3.8, 4) is 0 Å². The molecule has 2 heterocycles. The molecular formula is C18H26N4O3. The second-order valence-corrected chi connectivity index (χ2v) is 6.84. The standard InChI is InChI=1S/C18H26N4O3/c1-3-4-5-13-6-12(2)10-22(11-13)18(25)17(24)21-15-7-14(16(19)23)8-20-9-15/h7-9,12-13H,3-6,10-11H2,1-2H3,(H2,19,23)(H,21,24)/t12-,13-/m0/s1. The number of aromatic nitrogens is 1. The first-order valence-electron chi connectivity index (χ1n) is 8.75. The number of nitrogens with two attached hydrogens (primary N) is 1. The maximum absolute atomic E-state index is 12.5. The van der Waals surface area contributed by atoms with Crippen molar-refractivity contribution in [2.75, 3.05) is 18.4 Å². The number of hydrogen-bond acceptors (Lipinski definition) is 4. The number of piperidine rings is 1. The number of carbonyl (C=O) groups is 3. The Bertz CT molecular complexity index is 647. The summed E-state index contributed by atoms with van der Waals surface area (Å²) in [6, 6.07) is 1.41. The van der Waals surface area contributed by atoms with Crippen LogP contribution in [0.5, 0.6) is 0 Å². The fourth-order valence-corrected chi connectivity index (χ4v) is 3.32. The number of anilines is 1. The molecule has 3 N–H and O–H groups in total. The molecule has 1 fully saturated rings. The van der Waals surface area contributed by atoms with E-state index in [1.165, 1.54) is 18.5 Å². The molecule has 136 valence electrons. The predicted octanol–water partition coefficient (Wildman–Crippen LogP) is 1.79. The zero-order valence-corrected chi connectivity index (χ0v) is 14.8. The summed E-state index contributed by atoms with van der Waals surface area (Å²) in [6.07, 6.45) is 7.12. The number of rotatable bonds is 5. The van der Waals surface area contributed by atoms with Crippen LogP contribution >= 0.6 is 0 Å². The Morgan fingerprint density at radius 3 is 2.76 bits per heavy atom. The van der Waals surface area contributed by atoms with Crippen LogP contribution in [0.25, 0.3) is 0 Å². The largest absolute Gasteiger partial charge is 0.366 e. The minimum atomic E-state index is -0.716. The van der Waals surface area contributed by atoms with Gasteiger partial charge in [0.05, 0.1) is 17.4 Å². The molecule has 0 saturated carbocycles. The van der Waals surface area contributed by atoms with E-state index < -0.39 is 17.7 Å². The first kappa shape index (κ1) is 18.9. The molecule has 2 atom stereocenters. The maximum Gasteiger partial charge on any atom is 0.313 e. The van der Waals surface area contributed by atoms with Gasteiger partial charge in [0, 0.05) is 19.3 Å². The Labute approximate surface area is 148 Å². The highest BCUT2D eigenvalue weighted by Gasteiger charge is 2.30. The Hall–Kier alpha value is -2.44. The van der Waals surface area contributed by atoms with Crippen molar-refractivity contribution in [2.24, 2.45) is 17.6 Å². The highest BCUT2D eigenvalue weighted by atomic mass is 16.2. The number of nitrogens with one attached hydrogen (secondary N) is 1. The van der Waals surface area contributed by atoms with Gasteiger partial charge in [-0.25, -0.2) is 0 Å². The maximum atomic E-state index is 12.5. The van der Waals surface area contributed by atoms with Gasteiger partial charge in [-0.05, 0) is 30.7 Å². The molecule has 0 spiro atoms. The number of likely N-dealkylation sites (tertiary alicyclic amines) is 1. The lowest BCUT2D eigenvalue weighted by molar-refractivity contribution is -0.145. The van der Waals surface area contributed by atoms with Gasteiger partial charge in [0.15, 0.2) is 0 Å². The van der Waals surface area contributed by atoms with Crippen LogP contribution in [-0.4, -0.2) is 40.7 Å². The molecule has 0 radical (unpaired) electrons. The van der Waals surface area contributed by atoms with Gasteiger partial charge in [-0.1, -0.05) is 26.7 Å². The third-order valence-electron chi connectivity index (χ3n) is 4.47. The average Bonchev–Trinajstić information content (AvgIpc) is 2.59. The lowest BCUT2D eigenvalue weighted by Crippen LogP contribution is -2.47. The Morgan fingerprint density at radius 1 is 1.32 bits per heavy atom. The minimum absolute atomic E-state index is 0.177. The molecule has 0 aliphatic carbocycles. The van der Waals surface area contributed by atoms with Crippen LogP contribution in [-0.2, 0) is 9.59 Å². The van der Waals surface area contributed by atoms with Crippen molar-refractivity contribution < 1.29 is 14.4 Å². The number of nitrogens with zero attached hydrogens (tertiary/aromatic N) is 2. The minimum Gasteiger partial charge on any atom is -0.366 e. The summed E-state index contributed by atoms with van der Waals surface area (Å²) >= 11 is 0. The zero-order valence-electron chi connectivity index (χ0n) is 14.8. The van der Waals surface area contributed by atoms with Crippen LogP contribution in [0.4, 0.5) is 5.69 Å². The highest BCUT2D eigenvalue weighted by Crippen LogP contribution is 2.25. The van der Waals surface area contributed by atoms with E-state index in [1.54, 1.807) is 4.90 Å². The molecule has 3 amide bonds. The summed E-state index contributed by atoms with van der Waals surface area (Å²) in [5, 5.41) is 2.51. The van der Waals surface area contributed by atoms with Gasteiger partial charge in [0.2, 0.25) is 5.91 Å². The molecular weight excluding hydrogens is 320 g/mol. The molecule has 0 unspecified atom stereocenters. The lowest BCUT2D eigenvalue weighted by Gasteiger charge is -2.36. The topological polar surface area (TPSA) is 105 Å². The number of amides is 3. The molecule has 1 aliphatic rings. The van der Waals surface area contributed by atoms with Crippen LogP contribution in [0.15, 0.2) is 18.5 Å². The molecule has 25 heavy (non-hydrogen) atoms. The molecule has 0 bridgehead atoms. The number of carbonyl (C=O) groups excluding carboxylic acids is 3. The lowest BCUT2D eigenvalue weighted by atomic mass is 9.87. The van der Waals surface area contributed by atoms with E-state index in [1.807, 2.05) is 0 Å². The SMILES string of the molecule is CCCC[C@H]1C[C@H](C)CN(C(=O)C(=O)Nc2cncc(C(N)=O)c2)C1. The Kier molecular flexibility index (Phi) is 6.50. The van der Waals surface area contributed by atoms with Gasteiger partial charge in [-0.2, -0.15) is 0 Å². The molecule has 1 aromatic rings. The summed E-state index contributed by atoms with van der Waals surface area (Å²) in [5.74, 6) is -1.07. The molecule has 1 aliphatic heterocycles. The van der Waals surface area contributed by atoms with Crippen molar-refractivity contribution in [2.45, 2.75) is 39.5 Å². The summed E-state index contributed by atoms with van der Waals surface area (Å²) in [4.78, 5) is 41.4. The second-order valence-electron chi connectivity index (χ2n) is 6.84. The second kappa shape index (κ2) is 8.60. The van der Waals surface area contributed by atoms with Gasteiger partial charge in [-0.3, -0.25) is 19.4 Å². The summed E-state index contributed by atoms with van der Waals surface area (Å²) in [6.45, 7) is 5.47. The zero-order chi connectivity index (χ0) is 18.4. The van der Waals surface area contributed by atoms with Crippen molar-refractivity contribution in [3.63, 3.8) is 0 Å². The van der Waals surface area contributed by atoms with Crippen molar-refractivity contribution in [3.05, 3.63) is 24.0 Å². The monoisotopic (exact) mass is 346 g/mol. The van der Waals surface area contributed by atoms with E-state index in [4.69, 9.17) is 5.73 Å². The van der Waals surface area contributed by atoms with Gasteiger partial charge < -0.3 is 16.0 Å². The fourth-order valence-electron chi connectivity index (χ4n) is 3.32. The Morgan fingerprint density at radius 2 is 2.08 bits per heavy atom. The normalized spacial score (nSPS) is 20.2. The molecule has 0 aromatic carbocycles. The quantitative estimate of drug-likeness (QED) is 0.793. The molecule has 2 rings (SSSR count). The average molecular weight is 346 g/mol. The highest BCUT2D eigenvalue weighted by molar-refractivity contribution is 6.39. The number of primary amides is 1. The van der Waals surface area contributed by atoms with Crippen LogP contribution in [0, 0.1) is 11.8 Å². The molecule has 1 saturated heterocycles. The third kappa shape index (κ3) is 5.27. The van der Waals surface area contributed by atoms with Crippen LogP contribution in [0.3, 0.4) is 0 Å². The molecule has 1 aromatic heterocycles. The van der Waals surface area contributed by atoms with Gasteiger partial charge in [-0.15, -0.1) is 0 Å². The number of hydrogen-bond donors (Lipinski definition) is 2. The van der Waals surface area contributed by atoms with E-state index in [0.717, 1.165) is 25.7 Å². The van der Waals surface area contributed by atoms with E-state index in [9.17, 15) is 14.4 Å². The van der Waals surface area contributed by atoms with E-state index in [2.05, 4.69) is 24.1 Å². The van der Waals surface area contributed by atoms with Crippen molar-refractivity contribution in [1.29, 1.82) is 0 Å². The predicted molar refractivity (Wildman–Crippen MR) is 94.8 cm³/mol. The number of unbranched alkanes of at least 4 members (excludes halogenated alkanes) is 1. The summed E-state index contributed by atoms with van der Waals surface area (Å²) in [5.41, 5.74) is 5.65. The van der Waals surface area contributed by atoms with Gasteiger partial charge >= 0.3 is 11.8 Å². The van der Waals surface area contributed by atoms with E-state index >= 15 is 0 Å². The smallest absolute Gasteiger partial charge is 0.313 e.